The summed E-state index contributed by atoms with van der Waals surface area (Å²) in [5.74, 6) is 0.467. The summed E-state index contributed by atoms with van der Waals surface area (Å²) in [4.78, 5) is 28.2. The average molecular weight is 539 g/mol. The van der Waals surface area contributed by atoms with E-state index in [1.165, 1.54) is 16.7 Å². The molecule has 0 aliphatic carbocycles. The van der Waals surface area contributed by atoms with Gasteiger partial charge in [-0.25, -0.2) is 0 Å². The van der Waals surface area contributed by atoms with Gasteiger partial charge >= 0.3 is 0 Å². The van der Waals surface area contributed by atoms with Crippen LogP contribution in [0.5, 0.6) is 0 Å². The average Bonchev–Trinajstić information content (AvgIpc) is 3.13. The predicted molar refractivity (Wildman–Crippen MR) is 163 cm³/mol. The fourth-order valence-electron chi connectivity index (χ4n) is 5.24. The fraction of sp³-hybridized carbons (Fsp3) is 0.353. The van der Waals surface area contributed by atoms with Gasteiger partial charge in [-0.2, -0.15) is 0 Å². The number of hydrogen-bond acceptors (Lipinski definition) is 4. The lowest BCUT2D eigenvalue weighted by atomic mass is 9.90. The SMILES string of the molecule is CC(C)c1ccc(C=CC(=O)NC[C@@H]2CCN(CC(c3ccccc3)c3ccccc3)C(=O)[C@H](CCN)N2)cc1. The molecule has 210 valence electrons. The lowest BCUT2D eigenvalue weighted by Crippen LogP contribution is -2.49. The second-order valence-electron chi connectivity index (χ2n) is 10.8. The van der Waals surface area contributed by atoms with Crippen LogP contribution in [0.3, 0.4) is 0 Å². The second-order valence-corrected chi connectivity index (χ2v) is 10.8. The third-order valence-corrected chi connectivity index (χ3v) is 7.61. The Labute approximate surface area is 238 Å². The maximum atomic E-state index is 13.7. The molecule has 1 aliphatic heterocycles. The lowest BCUT2D eigenvalue weighted by molar-refractivity contribution is -0.133. The number of nitrogens with two attached hydrogens (primary N) is 1. The van der Waals surface area contributed by atoms with Crippen molar-refractivity contribution in [1.29, 1.82) is 0 Å². The van der Waals surface area contributed by atoms with Crippen LogP contribution in [0.25, 0.3) is 6.08 Å². The number of amides is 2. The van der Waals surface area contributed by atoms with Crippen LogP contribution in [0.1, 0.15) is 60.8 Å². The molecule has 6 nitrogen and oxygen atoms in total. The van der Waals surface area contributed by atoms with Gasteiger partial charge in [0.25, 0.3) is 0 Å². The summed E-state index contributed by atoms with van der Waals surface area (Å²) in [6, 6.07) is 28.5. The van der Waals surface area contributed by atoms with Gasteiger partial charge in [-0.1, -0.05) is 98.8 Å². The lowest BCUT2D eigenvalue weighted by Gasteiger charge is -2.29. The van der Waals surface area contributed by atoms with Crippen LogP contribution in [0.2, 0.25) is 0 Å². The molecule has 0 unspecified atom stereocenters. The predicted octanol–water partition coefficient (Wildman–Crippen LogP) is 4.68. The highest BCUT2D eigenvalue weighted by molar-refractivity contribution is 5.91. The van der Waals surface area contributed by atoms with E-state index in [0.717, 1.165) is 12.0 Å². The van der Waals surface area contributed by atoms with Crippen LogP contribution in [0.15, 0.2) is 91.0 Å². The summed E-state index contributed by atoms with van der Waals surface area (Å²) in [6.45, 7) is 6.38. The number of carbonyl (C=O) groups excluding carboxylic acids is 2. The Bertz CT molecular complexity index is 1200. The minimum absolute atomic E-state index is 0.0277. The second kappa shape index (κ2) is 14.6. The van der Waals surface area contributed by atoms with Crippen molar-refractivity contribution >= 4 is 17.9 Å². The molecule has 0 spiro atoms. The van der Waals surface area contributed by atoms with Crippen LogP contribution in [0, 0.1) is 0 Å². The van der Waals surface area contributed by atoms with E-state index in [1.807, 2.05) is 59.5 Å². The molecule has 3 aromatic carbocycles. The summed E-state index contributed by atoms with van der Waals surface area (Å²) in [6.07, 6.45) is 4.69. The third kappa shape index (κ3) is 8.13. The molecule has 4 rings (SSSR count). The number of carbonyl (C=O) groups is 2. The molecule has 40 heavy (non-hydrogen) atoms. The van der Waals surface area contributed by atoms with Gasteiger partial charge in [-0.05, 0) is 53.6 Å². The van der Waals surface area contributed by atoms with Crippen LogP contribution < -0.4 is 16.4 Å². The molecule has 1 aliphatic rings. The first-order chi connectivity index (χ1) is 19.4. The first-order valence-corrected chi connectivity index (χ1v) is 14.3. The summed E-state index contributed by atoms with van der Waals surface area (Å²) >= 11 is 0. The first kappa shape index (κ1) is 29.2. The smallest absolute Gasteiger partial charge is 0.244 e. The number of hydrogen-bond donors (Lipinski definition) is 3. The molecule has 1 saturated heterocycles. The maximum Gasteiger partial charge on any atom is 0.244 e. The monoisotopic (exact) mass is 538 g/mol. The molecule has 2 amide bonds. The van der Waals surface area contributed by atoms with Crippen LogP contribution in [-0.4, -0.2) is 55.0 Å². The third-order valence-electron chi connectivity index (χ3n) is 7.61. The molecule has 1 fully saturated rings. The molecular formula is C34H42N4O2. The molecule has 0 bridgehead atoms. The quantitative estimate of drug-likeness (QED) is 0.310. The number of nitrogens with one attached hydrogen (secondary N) is 2. The van der Waals surface area contributed by atoms with Crippen molar-refractivity contribution in [2.45, 2.75) is 50.6 Å². The van der Waals surface area contributed by atoms with Crippen LogP contribution in [0.4, 0.5) is 0 Å². The Morgan fingerprint density at radius 2 is 1.60 bits per heavy atom. The van der Waals surface area contributed by atoms with E-state index in [4.69, 9.17) is 5.73 Å². The summed E-state index contributed by atoms with van der Waals surface area (Å²) in [5.41, 5.74) is 10.5. The maximum absolute atomic E-state index is 13.7. The van der Waals surface area contributed by atoms with Crippen molar-refractivity contribution in [2.24, 2.45) is 5.73 Å². The van der Waals surface area contributed by atoms with Gasteiger partial charge in [0.1, 0.15) is 0 Å². The molecule has 1 heterocycles. The Balaban J connectivity index is 1.40. The Kier molecular flexibility index (Phi) is 10.7. The molecule has 3 aromatic rings. The fourth-order valence-corrected chi connectivity index (χ4v) is 5.24. The van der Waals surface area contributed by atoms with E-state index in [-0.39, 0.29) is 29.8 Å². The summed E-state index contributed by atoms with van der Waals surface area (Å²) in [7, 11) is 0. The standard InChI is InChI=1S/C34H42N4O2/c1-25(2)27-16-13-26(14-17-27)15-18-33(39)36-23-30-20-22-38(34(40)32(37-30)19-21-35)24-31(28-9-5-3-6-10-28)29-11-7-4-8-12-29/h3-18,25,30-32,37H,19-24,35H2,1-2H3,(H,36,39)/t30-,32-/m0/s1. The van der Waals surface area contributed by atoms with Crippen LogP contribution >= 0.6 is 0 Å². The van der Waals surface area contributed by atoms with Gasteiger partial charge in [0, 0.05) is 37.7 Å². The Hall–Kier alpha value is -3.74. The van der Waals surface area contributed by atoms with E-state index >= 15 is 0 Å². The minimum atomic E-state index is -0.378. The molecule has 6 heteroatoms. The number of nitrogens with zero attached hydrogens (tertiary/aromatic N) is 1. The Morgan fingerprint density at radius 1 is 0.975 bits per heavy atom. The van der Waals surface area contributed by atoms with E-state index < -0.39 is 0 Å². The minimum Gasteiger partial charge on any atom is -0.351 e. The van der Waals surface area contributed by atoms with Gasteiger partial charge in [-0.15, -0.1) is 0 Å². The van der Waals surface area contributed by atoms with Gasteiger partial charge in [0.2, 0.25) is 11.8 Å². The number of rotatable bonds is 11. The highest BCUT2D eigenvalue weighted by Gasteiger charge is 2.32. The molecule has 0 aromatic heterocycles. The van der Waals surface area contributed by atoms with Crippen molar-refractivity contribution in [2.75, 3.05) is 26.2 Å². The Morgan fingerprint density at radius 3 is 2.17 bits per heavy atom. The van der Waals surface area contributed by atoms with E-state index in [9.17, 15) is 9.59 Å². The molecule has 0 saturated carbocycles. The zero-order chi connectivity index (χ0) is 28.3. The van der Waals surface area contributed by atoms with Gasteiger partial charge in [0.05, 0.1) is 6.04 Å². The van der Waals surface area contributed by atoms with Gasteiger partial charge in [-0.3, -0.25) is 9.59 Å². The summed E-state index contributed by atoms with van der Waals surface area (Å²) < 4.78 is 0. The topological polar surface area (TPSA) is 87.5 Å². The van der Waals surface area contributed by atoms with Crippen molar-refractivity contribution in [1.82, 2.24) is 15.5 Å². The van der Waals surface area contributed by atoms with Crippen molar-refractivity contribution in [3.8, 4) is 0 Å². The summed E-state index contributed by atoms with van der Waals surface area (Å²) in [5, 5.41) is 6.50. The van der Waals surface area contributed by atoms with Crippen LogP contribution in [-0.2, 0) is 9.59 Å². The molecule has 0 radical (unpaired) electrons. The molecular weight excluding hydrogens is 496 g/mol. The largest absolute Gasteiger partial charge is 0.351 e. The highest BCUT2D eigenvalue weighted by atomic mass is 16.2. The van der Waals surface area contributed by atoms with E-state index in [1.54, 1.807) is 6.08 Å². The first-order valence-electron chi connectivity index (χ1n) is 14.3. The molecule has 4 N–H and O–H groups in total. The molecule has 2 atom stereocenters. The van der Waals surface area contributed by atoms with Gasteiger partial charge in [0.15, 0.2) is 0 Å². The normalized spacial score (nSPS) is 17.9. The van der Waals surface area contributed by atoms with Gasteiger partial charge < -0.3 is 21.3 Å². The zero-order valence-electron chi connectivity index (χ0n) is 23.6. The number of benzene rings is 3. The van der Waals surface area contributed by atoms with Crippen molar-refractivity contribution in [3.63, 3.8) is 0 Å². The van der Waals surface area contributed by atoms with E-state index in [0.29, 0.717) is 38.5 Å². The van der Waals surface area contributed by atoms with Crippen molar-refractivity contribution < 1.29 is 9.59 Å². The van der Waals surface area contributed by atoms with E-state index in [2.05, 4.69) is 60.9 Å². The zero-order valence-corrected chi connectivity index (χ0v) is 23.6. The van der Waals surface area contributed by atoms with Crippen molar-refractivity contribution in [3.05, 3.63) is 113 Å². The highest BCUT2D eigenvalue weighted by Crippen LogP contribution is 2.27.